The Morgan fingerprint density at radius 3 is 2.71 bits per heavy atom. The number of amides is 1. The summed E-state index contributed by atoms with van der Waals surface area (Å²) in [6.07, 6.45) is 0. The minimum absolute atomic E-state index is 0.185. The smallest absolute Gasteiger partial charge is 0.238 e. The van der Waals surface area contributed by atoms with Crippen LogP contribution in [0, 0.1) is 13.8 Å². The maximum atomic E-state index is 12.2. The Labute approximate surface area is 143 Å². The van der Waals surface area contributed by atoms with Gasteiger partial charge in [-0.15, -0.1) is 5.10 Å². The number of benzene rings is 1. The molecule has 0 aliphatic heterocycles. The molecule has 0 fully saturated rings. The fourth-order valence-electron chi connectivity index (χ4n) is 2.00. The Morgan fingerprint density at radius 1 is 1.29 bits per heavy atom. The minimum atomic E-state index is -0.372. The fraction of sp³-hybridized carbons (Fsp3) is 0.250. The number of hydrogen-bond donors (Lipinski definition) is 2. The molecule has 124 valence electrons. The van der Waals surface area contributed by atoms with Crippen LogP contribution in [0.2, 0.25) is 0 Å². The molecule has 0 aliphatic carbocycles. The zero-order valence-corrected chi connectivity index (χ0v) is 14.3. The van der Waals surface area contributed by atoms with E-state index < -0.39 is 0 Å². The molecule has 0 saturated carbocycles. The van der Waals surface area contributed by atoms with Crippen LogP contribution in [-0.2, 0) is 4.79 Å². The lowest BCUT2D eigenvalue weighted by Gasteiger charge is -2.07. The molecular formula is C16H17N5O2S. The van der Waals surface area contributed by atoms with Crippen molar-refractivity contribution in [2.75, 3.05) is 5.32 Å². The van der Waals surface area contributed by atoms with E-state index in [-0.39, 0.29) is 11.2 Å². The van der Waals surface area contributed by atoms with Gasteiger partial charge in [-0.3, -0.25) is 9.89 Å². The third-order valence-corrected chi connectivity index (χ3v) is 4.28. The Morgan fingerprint density at radius 2 is 2.04 bits per heavy atom. The largest absolute Gasteiger partial charge is 0.360 e. The number of anilines is 1. The molecule has 0 unspecified atom stereocenters. The molecule has 3 aromatic rings. The number of H-pyrrole nitrogens is 1. The van der Waals surface area contributed by atoms with Crippen molar-refractivity contribution in [1.29, 1.82) is 0 Å². The second kappa shape index (κ2) is 6.88. The summed E-state index contributed by atoms with van der Waals surface area (Å²) in [5, 5.41) is 13.6. The number of aromatic amines is 1. The van der Waals surface area contributed by atoms with E-state index in [0.717, 1.165) is 5.56 Å². The highest BCUT2D eigenvalue weighted by atomic mass is 32.2. The molecule has 0 spiro atoms. The van der Waals surface area contributed by atoms with Crippen LogP contribution in [0.5, 0.6) is 0 Å². The van der Waals surface area contributed by atoms with Crippen LogP contribution in [0.25, 0.3) is 11.4 Å². The van der Waals surface area contributed by atoms with E-state index in [1.54, 1.807) is 19.9 Å². The van der Waals surface area contributed by atoms with Crippen molar-refractivity contribution in [2.45, 2.75) is 31.2 Å². The van der Waals surface area contributed by atoms with E-state index in [0.29, 0.717) is 22.6 Å². The van der Waals surface area contributed by atoms with Gasteiger partial charge in [0.2, 0.25) is 11.1 Å². The molecule has 0 bridgehead atoms. The fourth-order valence-corrected chi connectivity index (χ4v) is 2.73. The number of hydrogen-bond acceptors (Lipinski definition) is 6. The first-order valence-electron chi connectivity index (χ1n) is 7.41. The summed E-state index contributed by atoms with van der Waals surface area (Å²) in [7, 11) is 0. The van der Waals surface area contributed by atoms with Crippen LogP contribution in [0.3, 0.4) is 0 Å². The first-order valence-corrected chi connectivity index (χ1v) is 8.29. The first-order chi connectivity index (χ1) is 11.5. The number of nitrogens with one attached hydrogen (secondary N) is 2. The van der Waals surface area contributed by atoms with Crippen molar-refractivity contribution in [3.63, 3.8) is 0 Å². The number of aromatic nitrogens is 4. The number of rotatable bonds is 5. The summed E-state index contributed by atoms with van der Waals surface area (Å²) in [5.74, 6) is 1.54. The summed E-state index contributed by atoms with van der Waals surface area (Å²) in [5.41, 5.74) is 2.14. The lowest BCUT2D eigenvalue weighted by Crippen LogP contribution is -2.22. The average molecular weight is 343 g/mol. The quantitative estimate of drug-likeness (QED) is 0.691. The van der Waals surface area contributed by atoms with Gasteiger partial charge in [0.15, 0.2) is 11.6 Å². The minimum Gasteiger partial charge on any atom is -0.360 e. The molecular weight excluding hydrogens is 326 g/mol. The van der Waals surface area contributed by atoms with Crippen molar-refractivity contribution in [3.05, 3.63) is 41.7 Å². The van der Waals surface area contributed by atoms with Crippen LogP contribution in [0.1, 0.15) is 18.2 Å². The van der Waals surface area contributed by atoms with Gasteiger partial charge in [0, 0.05) is 11.6 Å². The summed E-state index contributed by atoms with van der Waals surface area (Å²) in [6.45, 7) is 5.58. The summed E-state index contributed by atoms with van der Waals surface area (Å²) in [4.78, 5) is 16.6. The van der Waals surface area contributed by atoms with E-state index in [2.05, 4.69) is 25.7 Å². The van der Waals surface area contributed by atoms with Gasteiger partial charge < -0.3 is 9.84 Å². The second-order valence-corrected chi connectivity index (χ2v) is 6.71. The van der Waals surface area contributed by atoms with Crippen LogP contribution < -0.4 is 5.32 Å². The zero-order chi connectivity index (χ0) is 17.1. The van der Waals surface area contributed by atoms with Crippen LogP contribution in [0.15, 0.2) is 40.0 Å². The average Bonchev–Trinajstić information content (AvgIpc) is 3.17. The van der Waals surface area contributed by atoms with Crippen molar-refractivity contribution in [1.82, 2.24) is 20.3 Å². The summed E-state index contributed by atoms with van der Waals surface area (Å²) < 4.78 is 4.92. The highest BCUT2D eigenvalue weighted by Crippen LogP contribution is 2.23. The number of nitrogens with zero attached hydrogens (tertiary/aromatic N) is 3. The number of thioether (sulfide) groups is 1. The topological polar surface area (TPSA) is 96.7 Å². The Bertz CT molecular complexity index is 840. The van der Waals surface area contributed by atoms with E-state index in [9.17, 15) is 4.79 Å². The van der Waals surface area contributed by atoms with Crippen molar-refractivity contribution >= 4 is 23.5 Å². The van der Waals surface area contributed by atoms with Gasteiger partial charge in [-0.05, 0) is 20.8 Å². The summed E-state index contributed by atoms with van der Waals surface area (Å²) in [6, 6.07) is 9.65. The van der Waals surface area contributed by atoms with Crippen molar-refractivity contribution in [2.24, 2.45) is 0 Å². The molecule has 1 amide bonds. The van der Waals surface area contributed by atoms with E-state index in [4.69, 9.17) is 4.52 Å². The lowest BCUT2D eigenvalue weighted by molar-refractivity contribution is -0.115. The molecule has 3 rings (SSSR count). The molecule has 1 aromatic carbocycles. The van der Waals surface area contributed by atoms with Crippen molar-refractivity contribution in [3.8, 4) is 11.4 Å². The zero-order valence-electron chi connectivity index (χ0n) is 13.5. The van der Waals surface area contributed by atoms with Crippen LogP contribution in [0.4, 0.5) is 5.82 Å². The Hall–Kier alpha value is -2.61. The van der Waals surface area contributed by atoms with Gasteiger partial charge in [0.1, 0.15) is 5.76 Å². The third-order valence-electron chi connectivity index (χ3n) is 3.32. The number of aryl methyl sites for hydroxylation is 2. The monoisotopic (exact) mass is 343 g/mol. The first kappa shape index (κ1) is 16.3. The van der Waals surface area contributed by atoms with E-state index in [1.807, 2.05) is 31.2 Å². The maximum absolute atomic E-state index is 12.2. The highest BCUT2D eigenvalue weighted by molar-refractivity contribution is 8.00. The van der Waals surface area contributed by atoms with Crippen LogP contribution in [-0.4, -0.2) is 31.5 Å². The summed E-state index contributed by atoms with van der Waals surface area (Å²) >= 11 is 1.27. The second-order valence-electron chi connectivity index (χ2n) is 5.40. The Kier molecular flexibility index (Phi) is 4.66. The van der Waals surface area contributed by atoms with Crippen LogP contribution >= 0.6 is 11.8 Å². The van der Waals surface area contributed by atoms with E-state index >= 15 is 0 Å². The van der Waals surface area contributed by atoms with Gasteiger partial charge in [-0.1, -0.05) is 46.7 Å². The normalized spacial score (nSPS) is 12.1. The third kappa shape index (κ3) is 3.83. The van der Waals surface area contributed by atoms with Crippen molar-refractivity contribution < 1.29 is 9.32 Å². The lowest BCUT2D eigenvalue weighted by atomic mass is 10.1. The molecule has 2 heterocycles. The number of carbonyl (C=O) groups is 1. The molecule has 8 heteroatoms. The predicted molar refractivity (Wildman–Crippen MR) is 91.7 cm³/mol. The predicted octanol–water partition coefficient (Wildman–Crippen LogP) is 3.20. The SMILES string of the molecule is Cc1ccc(-c2nc(S[C@H](C)C(=O)Nc3cc(C)on3)n[nH]2)cc1. The van der Waals surface area contributed by atoms with Gasteiger partial charge in [0.05, 0.1) is 5.25 Å². The Balaban J connectivity index is 1.63. The van der Waals surface area contributed by atoms with Gasteiger partial charge in [0.25, 0.3) is 0 Å². The van der Waals surface area contributed by atoms with Gasteiger partial charge in [-0.25, -0.2) is 4.98 Å². The molecule has 0 aliphatic rings. The molecule has 0 radical (unpaired) electrons. The number of carbonyl (C=O) groups excluding carboxylic acids is 1. The van der Waals surface area contributed by atoms with Gasteiger partial charge in [-0.2, -0.15) is 0 Å². The van der Waals surface area contributed by atoms with Gasteiger partial charge >= 0.3 is 0 Å². The molecule has 0 saturated heterocycles. The molecule has 2 N–H and O–H groups in total. The standard InChI is InChI=1S/C16H17N5O2S/c1-9-4-6-12(7-5-9)14-18-16(20-19-14)24-11(3)15(22)17-13-8-10(2)23-21-13/h4-8,11H,1-3H3,(H,17,21,22)(H,18,19,20)/t11-/m1/s1. The molecule has 1 atom stereocenters. The molecule has 2 aromatic heterocycles. The molecule has 7 nitrogen and oxygen atoms in total. The highest BCUT2D eigenvalue weighted by Gasteiger charge is 2.18. The maximum Gasteiger partial charge on any atom is 0.238 e. The van der Waals surface area contributed by atoms with E-state index in [1.165, 1.54) is 17.3 Å². The molecule has 24 heavy (non-hydrogen) atoms.